The van der Waals surface area contributed by atoms with Crippen LogP contribution in [0.1, 0.15) is 27.0 Å². The molecule has 1 aromatic heterocycles. The molecule has 0 spiro atoms. The summed E-state index contributed by atoms with van der Waals surface area (Å²) >= 11 is 6.78. The van der Waals surface area contributed by atoms with E-state index in [4.69, 9.17) is 16.3 Å². The second-order valence-corrected chi connectivity index (χ2v) is 6.18. The second kappa shape index (κ2) is 7.75. The Morgan fingerprint density at radius 1 is 1.09 bits per heavy atom. The molecule has 6 nitrogen and oxygen atoms in total. The number of hydrogen-bond donors (Lipinski definition) is 2. The number of carbonyl (C=O) groups is 3. The zero-order valence-corrected chi connectivity index (χ0v) is 13.6. The van der Waals surface area contributed by atoms with Crippen molar-refractivity contribution in [3.05, 3.63) is 57.2 Å². The molecule has 0 saturated carbocycles. The Hall–Kier alpha value is -2.38. The second-order valence-electron chi connectivity index (χ2n) is 4.46. The lowest BCUT2D eigenvalue weighted by Crippen LogP contribution is -2.46. The Balaban J connectivity index is 1.83. The molecule has 2 rings (SSSR count). The van der Waals surface area contributed by atoms with E-state index in [9.17, 15) is 14.4 Å². The van der Waals surface area contributed by atoms with E-state index in [1.54, 1.807) is 36.4 Å². The Bertz CT molecular complexity index is 717. The fourth-order valence-corrected chi connectivity index (χ4v) is 2.50. The van der Waals surface area contributed by atoms with Crippen LogP contribution in [-0.2, 0) is 9.53 Å². The maximum atomic E-state index is 11.8. The zero-order chi connectivity index (χ0) is 16.8. The maximum absolute atomic E-state index is 11.8. The number of rotatable bonds is 4. The molecule has 0 aliphatic rings. The Labute approximate surface area is 141 Å². The van der Waals surface area contributed by atoms with E-state index in [1.807, 2.05) is 0 Å². The van der Waals surface area contributed by atoms with E-state index >= 15 is 0 Å². The van der Waals surface area contributed by atoms with Gasteiger partial charge in [-0.2, -0.15) is 0 Å². The van der Waals surface area contributed by atoms with Gasteiger partial charge in [-0.25, -0.2) is 4.79 Å². The molecule has 2 aromatic rings. The third kappa shape index (κ3) is 4.80. The van der Waals surface area contributed by atoms with E-state index < -0.39 is 23.9 Å². The van der Waals surface area contributed by atoms with Crippen LogP contribution >= 0.6 is 22.9 Å². The van der Waals surface area contributed by atoms with Crippen molar-refractivity contribution in [1.82, 2.24) is 10.9 Å². The van der Waals surface area contributed by atoms with Gasteiger partial charge < -0.3 is 4.74 Å². The van der Waals surface area contributed by atoms with Crippen molar-refractivity contribution < 1.29 is 19.1 Å². The maximum Gasteiger partial charge on any atom is 0.349 e. The van der Waals surface area contributed by atoms with E-state index in [0.29, 0.717) is 14.8 Å². The zero-order valence-electron chi connectivity index (χ0n) is 12.0. The van der Waals surface area contributed by atoms with Gasteiger partial charge in [0.15, 0.2) is 6.10 Å². The monoisotopic (exact) mass is 352 g/mol. The van der Waals surface area contributed by atoms with Gasteiger partial charge in [0, 0.05) is 5.56 Å². The molecular formula is C15H13ClN2O4S. The van der Waals surface area contributed by atoms with Gasteiger partial charge in [0.05, 0.1) is 4.34 Å². The standard InChI is InChI=1S/C15H13ClN2O4S/c1-9(22-15(21)11-7-8-12(16)23-11)13(19)17-18-14(20)10-5-3-2-4-6-10/h2-9H,1H3,(H,17,19)(H,18,20)/t9-/m1/s1. The van der Waals surface area contributed by atoms with Crippen LogP contribution in [-0.4, -0.2) is 23.9 Å². The summed E-state index contributed by atoms with van der Waals surface area (Å²) in [6, 6.07) is 11.5. The SMILES string of the molecule is C[C@@H](OC(=O)c1ccc(Cl)s1)C(=O)NNC(=O)c1ccccc1. The van der Waals surface area contributed by atoms with E-state index in [1.165, 1.54) is 13.0 Å². The molecule has 8 heteroatoms. The van der Waals surface area contributed by atoms with Crippen LogP contribution in [0.5, 0.6) is 0 Å². The first-order valence-corrected chi connectivity index (χ1v) is 7.78. The van der Waals surface area contributed by atoms with E-state index in [0.717, 1.165) is 11.3 Å². The highest BCUT2D eigenvalue weighted by Gasteiger charge is 2.20. The number of ether oxygens (including phenoxy) is 1. The highest BCUT2D eigenvalue weighted by atomic mass is 35.5. The Kier molecular flexibility index (Phi) is 5.72. The minimum Gasteiger partial charge on any atom is -0.448 e. The van der Waals surface area contributed by atoms with Gasteiger partial charge >= 0.3 is 5.97 Å². The van der Waals surface area contributed by atoms with Crippen molar-refractivity contribution in [2.24, 2.45) is 0 Å². The highest BCUT2D eigenvalue weighted by molar-refractivity contribution is 7.17. The van der Waals surface area contributed by atoms with Gasteiger partial charge in [-0.3, -0.25) is 20.4 Å². The molecule has 0 bridgehead atoms. The lowest BCUT2D eigenvalue weighted by molar-refractivity contribution is -0.129. The first-order chi connectivity index (χ1) is 11.0. The van der Waals surface area contributed by atoms with Crippen LogP contribution in [0.2, 0.25) is 4.34 Å². The summed E-state index contributed by atoms with van der Waals surface area (Å²) in [6.45, 7) is 1.40. The predicted octanol–water partition coefficient (Wildman–Crippen LogP) is 2.41. The van der Waals surface area contributed by atoms with Gasteiger partial charge in [0.1, 0.15) is 4.88 Å². The molecule has 1 atom stereocenters. The third-order valence-electron chi connectivity index (χ3n) is 2.76. The largest absolute Gasteiger partial charge is 0.448 e. The van der Waals surface area contributed by atoms with Gasteiger partial charge in [-0.05, 0) is 31.2 Å². The molecule has 23 heavy (non-hydrogen) atoms. The number of esters is 1. The summed E-state index contributed by atoms with van der Waals surface area (Å²) in [6.07, 6.45) is -1.07. The van der Waals surface area contributed by atoms with Crippen LogP contribution in [0.4, 0.5) is 0 Å². The van der Waals surface area contributed by atoms with Crippen molar-refractivity contribution in [2.45, 2.75) is 13.0 Å². The Morgan fingerprint density at radius 2 is 1.78 bits per heavy atom. The molecular weight excluding hydrogens is 340 g/mol. The third-order valence-corrected chi connectivity index (χ3v) is 3.97. The summed E-state index contributed by atoms with van der Waals surface area (Å²) in [5, 5.41) is 0. The van der Waals surface area contributed by atoms with Crippen molar-refractivity contribution in [2.75, 3.05) is 0 Å². The topological polar surface area (TPSA) is 84.5 Å². The molecule has 2 amide bonds. The first kappa shape index (κ1) is 17.0. The molecule has 0 aliphatic carbocycles. The average Bonchev–Trinajstić information content (AvgIpc) is 2.99. The molecule has 2 N–H and O–H groups in total. The number of thiophene rings is 1. The molecule has 0 saturated heterocycles. The fourth-order valence-electron chi connectivity index (χ4n) is 1.58. The molecule has 120 valence electrons. The minimum atomic E-state index is -1.07. The molecule has 0 radical (unpaired) electrons. The van der Waals surface area contributed by atoms with Crippen LogP contribution < -0.4 is 10.9 Å². The van der Waals surface area contributed by atoms with Gasteiger partial charge in [0.2, 0.25) is 0 Å². The summed E-state index contributed by atoms with van der Waals surface area (Å²) in [5.41, 5.74) is 4.85. The number of amides is 2. The van der Waals surface area contributed by atoms with Gasteiger partial charge in [-0.15, -0.1) is 11.3 Å². The first-order valence-electron chi connectivity index (χ1n) is 6.59. The van der Waals surface area contributed by atoms with Gasteiger partial charge in [0.25, 0.3) is 11.8 Å². The van der Waals surface area contributed by atoms with Crippen LogP contribution in [0.25, 0.3) is 0 Å². The molecule has 0 unspecified atom stereocenters. The fraction of sp³-hybridized carbons (Fsp3) is 0.133. The number of nitrogens with one attached hydrogen (secondary N) is 2. The Morgan fingerprint density at radius 3 is 2.39 bits per heavy atom. The number of carbonyl (C=O) groups excluding carboxylic acids is 3. The lowest BCUT2D eigenvalue weighted by Gasteiger charge is -2.13. The number of hydrogen-bond acceptors (Lipinski definition) is 5. The van der Waals surface area contributed by atoms with E-state index in [2.05, 4.69) is 10.9 Å². The summed E-state index contributed by atoms with van der Waals surface area (Å²) in [5.74, 6) is -1.77. The summed E-state index contributed by atoms with van der Waals surface area (Å²) in [4.78, 5) is 35.7. The molecule has 0 fully saturated rings. The van der Waals surface area contributed by atoms with E-state index in [-0.39, 0.29) is 0 Å². The normalized spacial score (nSPS) is 11.4. The smallest absolute Gasteiger partial charge is 0.349 e. The number of benzene rings is 1. The summed E-state index contributed by atoms with van der Waals surface area (Å²) < 4.78 is 5.45. The number of halogens is 1. The van der Waals surface area contributed by atoms with Crippen LogP contribution in [0, 0.1) is 0 Å². The van der Waals surface area contributed by atoms with Crippen molar-refractivity contribution >= 4 is 40.7 Å². The quantitative estimate of drug-likeness (QED) is 0.653. The average molecular weight is 353 g/mol. The lowest BCUT2D eigenvalue weighted by atomic mass is 10.2. The van der Waals surface area contributed by atoms with Crippen molar-refractivity contribution in [3.63, 3.8) is 0 Å². The highest BCUT2D eigenvalue weighted by Crippen LogP contribution is 2.22. The molecule has 1 heterocycles. The summed E-state index contributed by atoms with van der Waals surface area (Å²) in [7, 11) is 0. The molecule has 0 aliphatic heterocycles. The van der Waals surface area contributed by atoms with Crippen molar-refractivity contribution in [1.29, 1.82) is 0 Å². The van der Waals surface area contributed by atoms with Crippen LogP contribution in [0.3, 0.4) is 0 Å². The van der Waals surface area contributed by atoms with Gasteiger partial charge in [-0.1, -0.05) is 29.8 Å². The predicted molar refractivity (Wildman–Crippen MR) is 86.3 cm³/mol. The molecule has 1 aromatic carbocycles. The van der Waals surface area contributed by atoms with Crippen LogP contribution in [0.15, 0.2) is 42.5 Å². The number of hydrazine groups is 1. The van der Waals surface area contributed by atoms with Crippen molar-refractivity contribution in [3.8, 4) is 0 Å². The minimum absolute atomic E-state index is 0.294.